The number of methoxy groups -OCH3 is 4. The normalized spacial score (nSPS) is 11.7. The number of hydrogen-bond acceptors (Lipinski definition) is 24. The molecule has 1 fully saturated rings. The summed E-state index contributed by atoms with van der Waals surface area (Å²) in [7, 11) is 4.88. The highest BCUT2D eigenvalue weighted by atomic mass is 127. The summed E-state index contributed by atoms with van der Waals surface area (Å²) in [5.41, 5.74) is 2.17. The van der Waals surface area contributed by atoms with Crippen molar-refractivity contribution in [3.8, 4) is 5.75 Å². The zero-order valence-corrected chi connectivity index (χ0v) is 55.0. The van der Waals surface area contributed by atoms with Crippen molar-refractivity contribution in [3.63, 3.8) is 0 Å². The fraction of sp³-hybridized carbons (Fsp3) is 0.723. The Labute approximate surface area is 588 Å². The Morgan fingerprint density at radius 3 is 1.42 bits per heavy atom. The molecular weight excluding hydrogens is 1450 g/mol. The molecule has 556 valence electrons. The van der Waals surface area contributed by atoms with Gasteiger partial charge >= 0.3 is 41.2 Å². The quantitative estimate of drug-likeness (QED) is 0.00754. The number of unbranched alkanes of at least 4 members (excludes halogenated alkanes) is 7. The van der Waals surface area contributed by atoms with Crippen LogP contribution in [0.25, 0.3) is 0 Å². The number of rotatable bonds is 32. The van der Waals surface area contributed by atoms with Gasteiger partial charge in [-0.2, -0.15) is 4.21 Å². The van der Waals surface area contributed by atoms with Crippen LogP contribution in [0.2, 0.25) is 0 Å². The first-order chi connectivity index (χ1) is 39.9. The number of hydrogen-bond donors (Lipinski definition) is 6. The topological polar surface area (TPSA) is 338 Å². The Balaban J connectivity index is -0.0000000650. The third kappa shape index (κ3) is 88.5. The summed E-state index contributed by atoms with van der Waals surface area (Å²) in [6, 6.07) is 11.0. The van der Waals surface area contributed by atoms with Gasteiger partial charge in [0.15, 0.2) is 12.2 Å². The second kappa shape index (κ2) is 96.1. The number of carbonyl (C=O) groups excluding carboxylic acids is 5. The maximum absolute atomic E-state index is 11.0. The molecule has 1 aliphatic heterocycles. The summed E-state index contributed by atoms with van der Waals surface area (Å²) in [5.74, 6) is -2.45. The van der Waals surface area contributed by atoms with Gasteiger partial charge in [0, 0.05) is 57.9 Å². The van der Waals surface area contributed by atoms with Crippen LogP contribution in [0.15, 0.2) is 61.4 Å². The maximum atomic E-state index is 11.0. The van der Waals surface area contributed by atoms with E-state index in [1.54, 1.807) is 31.5 Å². The van der Waals surface area contributed by atoms with Crippen molar-refractivity contribution in [3.05, 3.63) is 72.6 Å². The lowest BCUT2D eigenvalue weighted by Crippen LogP contribution is -2.27. The largest absolute Gasteiger partial charge is 0.469 e. The minimum Gasteiger partial charge on any atom is -0.469 e. The van der Waals surface area contributed by atoms with Gasteiger partial charge in [-0.25, -0.2) is 4.79 Å². The Bertz CT molecular complexity index is 1770. The molecule has 6 N–H and O–H groups in total. The molecule has 24 nitrogen and oxygen atoms in total. The number of halogens is 2. The van der Waals surface area contributed by atoms with Gasteiger partial charge in [-0.15, -0.1) is 0 Å². The fourth-order valence-corrected chi connectivity index (χ4v) is 6.35. The highest BCUT2D eigenvalue weighted by Gasteiger charge is 2.23. The lowest BCUT2D eigenvalue weighted by molar-refractivity contribution is -0.206. The van der Waals surface area contributed by atoms with Gasteiger partial charge in [-0.1, -0.05) is 202 Å². The van der Waals surface area contributed by atoms with Gasteiger partial charge in [-0.05, 0) is 44.5 Å². The first kappa shape index (κ1) is 122. The Hall–Kier alpha value is -3.57. The van der Waals surface area contributed by atoms with Crippen LogP contribution in [0.1, 0.15) is 169 Å². The molecule has 92 heavy (non-hydrogen) atoms. The monoisotopic (exact) mass is 1580 g/mol. The fourth-order valence-electron chi connectivity index (χ4n) is 5.20. The van der Waals surface area contributed by atoms with Crippen molar-refractivity contribution >= 4 is 86.4 Å². The third-order valence-corrected chi connectivity index (χ3v) is 11.3. The minimum atomic E-state index is -1.84. The van der Waals surface area contributed by atoms with Crippen LogP contribution in [0.4, 0.5) is 0 Å². The van der Waals surface area contributed by atoms with E-state index in [2.05, 4.69) is 91.5 Å². The van der Waals surface area contributed by atoms with Crippen LogP contribution in [-0.4, -0.2) is 199 Å². The number of nitrogens with zero attached hydrogens (tertiary/aromatic N) is 1. The zero-order chi connectivity index (χ0) is 63.7. The molecule has 0 radical (unpaired) electrons. The summed E-state index contributed by atoms with van der Waals surface area (Å²) in [4.78, 5) is 56.2. The van der Waals surface area contributed by atoms with Gasteiger partial charge in [0.05, 0.1) is 101 Å². The van der Waals surface area contributed by atoms with Crippen LogP contribution in [0.3, 0.4) is 0 Å². The number of benzene rings is 1. The molecule has 1 aliphatic rings. The van der Waals surface area contributed by atoms with Crippen LogP contribution >= 0.6 is 45.2 Å². The predicted molar refractivity (Wildman–Crippen MR) is 390 cm³/mol. The molecular formula is C65H133I2NO23S. The Morgan fingerprint density at radius 2 is 1.05 bits per heavy atom. The number of pyridine rings is 1. The Morgan fingerprint density at radius 1 is 0.620 bits per heavy atom. The van der Waals surface area contributed by atoms with E-state index in [9.17, 15) is 28.2 Å². The molecule has 1 saturated heterocycles. The van der Waals surface area contributed by atoms with Crippen molar-refractivity contribution < 1.29 is 110 Å². The highest BCUT2D eigenvalue weighted by molar-refractivity contribution is 14.1. The number of alkyl halides is 2. The number of aromatic nitrogens is 1. The summed E-state index contributed by atoms with van der Waals surface area (Å²) >= 11 is 2.59. The molecule has 0 bridgehead atoms. The number of aryl methyl sites for hydroxylation is 1. The van der Waals surface area contributed by atoms with Crippen molar-refractivity contribution in [1.29, 1.82) is 0 Å². The van der Waals surface area contributed by atoms with Gasteiger partial charge in [0.2, 0.25) is 0 Å². The van der Waals surface area contributed by atoms with Crippen LogP contribution in [0, 0.1) is 24.7 Å². The minimum absolute atomic E-state index is 0. The lowest BCUT2D eigenvalue weighted by Gasteiger charge is -2.29. The molecule has 1 unspecified atom stereocenters. The van der Waals surface area contributed by atoms with Crippen molar-refractivity contribution in [2.75, 3.05) is 130 Å². The summed E-state index contributed by atoms with van der Waals surface area (Å²) in [5, 5.41) is 48.2. The van der Waals surface area contributed by atoms with Crippen LogP contribution < -0.4 is 4.18 Å². The smallest absolute Gasteiger partial charge is 0.360 e. The van der Waals surface area contributed by atoms with E-state index in [1.165, 1.54) is 93.2 Å². The molecule has 1 aromatic carbocycles. The van der Waals surface area contributed by atoms with Gasteiger partial charge < -0.3 is 77.5 Å². The summed E-state index contributed by atoms with van der Waals surface area (Å²) < 4.78 is 65.7. The second-order valence-electron chi connectivity index (χ2n) is 16.8. The molecule has 2 heterocycles. The van der Waals surface area contributed by atoms with E-state index in [-0.39, 0.29) is 132 Å². The average Bonchev–Trinajstić information content (AvgIpc) is 1.17. The zero-order valence-electron chi connectivity index (χ0n) is 49.8. The summed E-state index contributed by atoms with van der Waals surface area (Å²) in [6.07, 6.45) is 16.5. The number of ether oxygens (including phenoxy) is 9. The van der Waals surface area contributed by atoms with Gasteiger partial charge in [0.25, 0.3) is 0 Å². The van der Waals surface area contributed by atoms with Crippen molar-refractivity contribution in [2.24, 2.45) is 17.8 Å². The average molecular weight is 1580 g/mol. The van der Waals surface area contributed by atoms with E-state index in [4.69, 9.17) is 53.8 Å². The van der Waals surface area contributed by atoms with Gasteiger partial charge in [-0.3, -0.25) is 28.3 Å². The predicted octanol–water partition coefficient (Wildman–Crippen LogP) is 11.8. The standard InChI is InChI=1S/C19H31NO2.C9H12O4S.C7H11IO3.C6H10O4.C5H8O4.C4H9IO2.C4H10O2.C2H6O2.9CH4/c1-2-3-4-5-6-7-8-9-10-17-15-21-19(22-16-17)18-11-13-20-14-12-18;1-8-2-4-9(5-3-8)13-14(11)12-7-6-10;1-2-7(9)11-6-5-10-4-3-8;1-4(5(7)9-2)6(8)10-3;1-8-4(6)3-5(7)9-2;5-1-3-7-4-2-6;1-4(2-5)3-6;3-1-2-4;;;;;;;;;/h11-14,17,19H,2-10,15-16H2,1H3;2-5,10H,6-7H2,1H3;2H,1,3-6H2;4H,1-3H3;3H2,1-2H3;6H,1-4H2;4-6H,2-3H2,1H3;3-4H,1-2H2;9*1H4. The molecule has 3 rings (SSSR count). The first-order valence-corrected chi connectivity index (χ1v) is 30.9. The number of carbonyl (C=O) groups is 5. The molecule has 1 atom stereocenters. The first-order valence-electron chi connectivity index (χ1n) is 26.8. The SMILES string of the molecule is C.C.C.C.C.C.C.C.C.C=CC(=O)OCCOCCI.CC(CO)CO.CCCCCCCCCCC1COC(c2ccncc2)OC1.COC(=O)C(C)C(=O)OC.COC(=O)CC(=O)OC.Cc1ccc(OS(=O)OCCO)cc1.OCCO.OCCOCCI. The molecule has 0 amide bonds. The number of esters is 5. The van der Waals surface area contributed by atoms with Crippen molar-refractivity contribution in [2.45, 2.75) is 165 Å². The Kier molecular flexibility index (Phi) is 127. The third-order valence-electron chi connectivity index (χ3n) is 9.76. The van der Waals surface area contributed by atoms with E-state index >= 15 is 0 Å². The van der Waals surface area contributed by atoms with Crippen LogP contribution in [0.5, 0.6) is 5.75 Å². The van der Waals surface area contributed by atoms with Crippen LogP contribution in [-0.2, 0) is 82.1 Å². The highest BCUT2D eigenvalue weighted by Crippen LogP contribution is 2.27. The molecule has 0 saturated carbocycles. The molecule has 2 aromatic rings. The van der Waals surface area contributed by atoms with Gasteiger partial charge in [0.1, 0.15) is 18.8 Å². The molecule has 0 spiro atoms. The lowest BCUT2D eigenvalue weighted by atomic mass is 10.0. The summed E-state index contributed by atoms with van der Waals surface area (Å²) in [6.45, 7) is 14.9. The van der Waals surface area contributed by atoms with E-state index in [0.717, 1.165) is 45.9 Å². The van der Waals surface area contributed by atoms with E-state index in [1.807, 2.05) is 31.2 Å². The number of aliphatic hydroxyl groups excluding tert-OH is 6. The molecule has 27 heteroatoms. The van der Waals surface area contributed by atoms with E-state index in [0.29, 0.717) is 38.1 Å². The molecule has 1 aromatic heterocycles. The second-order valence-corrected chi connectivity index (χ2v) is 19.7. The van der Waals surface area contributed by atoms with E-state index < -0.39 is 47.1 Å². The maximum Gasteiger partial charge on any atom is 0.360 e. The van der Waals surface area contributed by atoms with Crippen molar-refractivity contribution in [1.82, 2.24) is 4.98 Å². The molecule has 0 aliphatic carbocycles. The number of aliphatic hydroxyl groups is 6.